The smallest absolute Gasteiger partial charge is 0.311 e. The van der Waals surface area contributed by atoms with Gasteiger partial charge in [-0.1, -0.05) is 30.0 Å². The van der Waals surface area contributed by atoms with Crippen LogP contribution in [0.15, 0.2) is 23.1 Å². The average Bonchev–Trinajstić information content (AvgIpc) is 2.66. The van der Waals surface area contributed by atoms with Crippen LogP contribution in [-0.4, -0.2) is 31.7 Å². The van der Waals surface area contributed by atoms with Gasteiger partial charge in [-0.3, -0.25) is 19.8 Å². The Balaban J connectivity index is 2.37. The summed E-state index contributed by atoms with van der Waals surface area (Å²) in [6, 6.07) is 3.94. The second-order valence-electron chi connectivity index (χ2n) is 3.93. The van der Waals surface area contributed by atoms with E-state index in [1.807, 2.05) is 6.92 Å². The minimum absolute atomic E-state index is 0.210. The fourth-order valence-electron chi connectivity index (χ4n) is 1.70. The monoisotopic (exact) mass is 310 g/mol. The zero-order valence-corrected chi connectivity index (χ0v) is 12.0. The van der Waals surface area contributed by atoms with E-state index in [4.69, 9.17) is 12.2 Å². The number of carbonyl (C=O) groups is 1. The first-order chi connectivity index (χ1) is 9.43. The summed E-state index contributed by atoms with van der Waals surface area (Å²) < 4.78 is 0.469. The number of benzene rings is 1. The molecule has 104 valence electrons. The molecule has 1 aliphatic rings. The number of hydrogen-bond donors (Lipinski definition) is 1. The summed E-state index contributed by atoms with van der Waals surface area (Å²) >= 11 is 6.23. The summed E-state index contributed by atoms with van der Waals surface area (Å²) in [6.07, 6.45) is 1.53. The first-order valence-corrected chi connectivity index (χ1v) is 6.89. The van der Waals surface area contributed by atoms with E-state index in [0.717, 1.165) is 11.8 Å². The lowest BCUT2D eigenvalue weighted by atomic mass is 10.1. The number of rotatable bonds is 3. The quantitative estimate of drug-likeness (QED) is 0.400. The topological polar surface area (TPSA) is 83.7 Å². The number of thioether (sulfide) groups is 1. The van der Waals surface area contributed by atoms with Crippen molar-refractivity contribution in [2.75, 3.05) is 6.54 Å². The molecule has 0 unspecified atom stereocenters. The highest BCUT2D eigenvalue weighted by molar-refractivity contribution is 8.26. The Kier molecular flexibility index (Phi) is 4.05. The van der Waals surface area contributed by atoms with Crippen molar-refractivity contribution in [2.24, 2.45) is 0 Å². The van der Waals surface area contributed by atoms with Gasteiger partial charge in [0.25, 0.3) is 5.91 Å². The molecular formula is C12H10N2O4S2. The maximum Gasteiger partial charge on any atom is 0.311 e. The molecule has 1 N–H and O–H groups in total. The van der Waals surface area contributed by atoms with Gasteiger partial charge in [0.1, 0.15) is 4.32 Å². The van der Waals surface area contributed by atoms with E-state index in [1.165, 1.54) is 29.2 Å². The molecule has 0 aliphatic carbocycles. The first-order valence-electron chi connectivity index (χ1n) is 5.66. The highest BCUT2D eigenvalue weighted by Gasteiger charge is 2.30. The standard InChI is InChI=1S/C12H10N2O4S2/c1-2-13-11(16)10(20-12(13)19)6-7-3-4-9(15)8(5-7)14(17)18/h3-6,15H,2H2,1H3/b10-6-. The Hall–Kier alpha value is -1.93. The molecule has 1 fully saturated rings. The normalized spacial score (nSPS) is 17.1. The second-order valence-corrected chi connectivity index (χ2v) is 5.61. The number of nitro groups is 1. The molecule has 0 saturated carbocycles. The Labute approximate surface area is 124 Å². The number of nitrogens with zero attached hydrogens (tertiary/aromatic N) is 2. The summed E-state index contributed by atoms with van der Waals surface area (Å²) in [5.74, 6) is -0.619. The highest BCUT2D eigenvalue weighted by Crippen LogP contribution is 2.34. The summed E-state index contributed by atoms with van der Waals surface area (Å²) in [5.41, 5.74) is 0.0656. The van der Waals surface area contributed by atoms with Crippen molar-refractivity contribution in [3.63, 3.8) is 0 Å². The van der Waals surface area contributed by atoms with E-state index in [1.54, 1.807) is 0 Å². The van der Waals surface area contributed by atoms with Gasteiger partial charge in [-0.15, -0.1) is 0 Å². The van der Waals surface area contributed by atoms with Crippen molar-refractivity contribution in [3.8, 4) is 5.75 Å². The number of phenolic OH excluding ortho intramolecular Hbond substituents is 1. The molecule has 2 rings (SSSR count). The van der Waals surface area contributed by atoms with Gasteiger partial charge in [0.05, 0.1) is 9.83 Å². The molecule has 8 heteroatoms. The Morgan fingerprint density at radius 1 is 1.55 bits per heavy atom. The zero-order valence-electron chi connectivity index (χ0n) is 10.4. The number of likely N-dealkylation sites (N-methyl/N-ethyl adjacent to an activating group) is 1. The van der Waals surface area contributed by atoms with Crippen LogP contribution in [0.25, 0.3) is 6.08 Å². The van der Waals surface area contributed by atoms with Crippen LogP contribution >= 0.6 is 24.0 Å². The Bertz CT molecular complexity index is 642. The minimum Gasteiger partial charge on any atom is -0.502 e. The van der Waals surface area contributed by atoms with Crippen molar-refractivity contribution >= 4 is 46.0 Å². The largest absolute Gasteiger partial charge is 0.502 e. The molecular weight excluding hydrogens is 300 g/mol. The molecule has 0 bridgehead atoms. The SMILES string of the molecule is CCN1C(=O)/C(=C/c2ccc(O)c([N+](=O)[O-])c2)SC1=S. The zero-order chi connectivity index (χ0) is 14.9. The summed E-state index contributed by atoms with van der Waals surface area (Å²) in [7, 11) is 0. The highest BCUT2D eigenvalue weighted by atomic mass is 32.2. The minimum atomic E-state index is -0.677. The van der Waals surface area contributed by atoms with Gasteiger partial charge in [0.2, 0.25) is 0 Å². The van der Waals surface area contributed by atoms with E-state index >= 15 is 0 Å². The Morgan fingerprint density at radius 3 is 2.80 bits per heavy atom. The molecule has 0 spiro atoms. The maximum absolute atomic E-state index is 12.0. The fraction of sp³-hybridized carbons (Fsp3) is 0.167. The molecule has 0 atom stereocenters. The van der Waals surface area contributed by atoms with Gasteiger partial charge in [-0.25, -0.2) is 0 Å². The summed E-state index contributed by atoms with van der Waals surface area (Å²) in [6.45, 7) is 2.30. The van der Waals surface area contributed by atoms with Gasteiger partial charge in [-0.05, 0) is 24.6 Å². The molecule has 1 heterocycles. The molecule has 0 radical (unpaired) electrons. The molecule has 1 aromatic carbocycles. The van der Waals surface area contributed by atoms with Gasteiger partial charge in [-0.2, -0.15) is 0 Å². The first kappa shape index (κ1) is 14.5. The predicted molar refractivity (Wildman–Crippen MR) is 80.3 cm³/mol. The maximum atomic E-state index is 12.0. The number of phenols is 1. The van der Waals surface area contributed by atoms with Crippen molar-refractivity contribution in [3.05, 3.63) is 38.8 Å². The third-order valence-corrected chi connectivity index (χ3v) is 4.06. The lowest BCUT2D eigenvalue weighted by molar-refractivity contribution is -0.385. The van der Waals surface area contributed by atoms with E-state index < -0.39 is 16.4 Å². The molecule has 20 heavy (non-hydrogen) atoms. The van der Waals surface area contributed by atoms with E-state index in [2.05, 4.69) is 0 Å². The summed E-state index contributed by atoms with van der Waals surface area (Å²) in [5, 5.41) is 20.1. The Morgan fingerprint density at radius 2 is 2.25 bits per heavy atom. The van der Waals surface area contributed by atoms with Crippen molar-refractivity contribution in [1.29, 1.82) is 0 Å². The van der Waals surface area contributed by atoms with Crippen LogP contribution in [0.3, 0.4) is 0 Å². The molecule has 6 nitrogen and oxygen atoms in total. The lowest BCUT2D eigenvalue weighted by Gasteiger charge is -2.09. The average molecular weight is 310 g/mol. The van der Waals surface area contributed by atoms with Crippen molar-refractivity contribution in [1.82, 2.24) is 4.90 Å². The lowest BCUT2D eigenvalue weighted by Crippen LogP contribution is -2.27. The number of carbonyl (C=O) groups excluding carboxylic acids is 1. The fourth-order valence-corrected chi connectivity index (χ4v) is 3.08. The summed E-state index contributed by atoms with van der Waals surface area (Å²) in [4.78, 5) is 23.9. The molecule has 0 aromatic heterocycles. The van der Waals surface area contributed by atoms with E-state index in [9.17, 15) is 20.0 Å². The van der Waals surface area contributed by atoms with Crippen molar-refractivity contribution < 1.29 is 14.8 Å². The van der Waals surface area contributed by atoms with Gasteiger partial charge < -0.3 is 5.11 Å². The van der Waals surface area contributed by atoms with Gasteiger partial charge in [0.15, 0.2) is 5.75 Å². The van der Waals surface area contributed by atoms with E-state index in [0.29, 0.717) is 21.3 Å². The van der Waals surface area contributed by atoms with Crippen LogP contribution in [0, 0.1) is 10.1 Å². The van der Waals surface area contributed by atoms with Crippen LogP contribution in [0.5, 0.6) is 5.75 Å². The number of hydrogen-bond acceptors (Lipinski definition) is 6. The number of amides is 1. The number of nitro benzene ring substituents is 1. The van der Waals surface area contributed by atoms with Crippen LogP contribution in [0.4, 0.5) is 5.69 Å². The number of aromatic hydroxyl groups is 1. The van der Waals surface area contributed by atoms with Gasteiger partial charge >= 0.3 is 5.69 Å². The third kappa shape index (κ3) is 2.66. The third-order valence-electron chi connectivity index (χ3n) is 2.68. The molecule has 1 saturated heterocycles. The van der Waals surface area contributed by atoms with Crippen LogP contribution in [0.2, 0.25) is 0 Å². The van der Waals surface area contributed by atoms with Crippen LogP contribution < -0.4 is 0 Å². The van der Waals surface area contributed by atoms with Crippen molar-refractivity contribution in [2.45, 2.75) is 6.92 Å². The van der Waals surface area contributed by atoms with Crippen LogP contribution in [0.1, 0.15) is 12.5 Å². The van der Waals surface area contributed by atoms with Gasteiger partial charge in [0, 0.05) is 12.6 Å². The molecule has 1 aliphatic heterocycles. The molecule has 1 amide bonds. The van der Waals surface area contributed by atoms with Crippen LogP contribution in [-0.2, 0) is 4.79 Å². The molecule has 1 aromatic rings. The predicted octanol–water partition coefficient (Wildman–Crippen LogP) is 2.52. The second kappa shape index (κ2) is 5.59. The van der Waals surface area contributed by atoms with E-state index in [-0.39, 0.29) is 5.91 Å². The number of thiocarbonyl (C=S) groups is 1.